The second-order valence-corrected chi connectivity index (χ2v) is 5.52. The van der Waals surface area contributed by atoms with Crippen molar-refractivity contribution in [2.45, 2.75) is 6.04 Å². The molecule has 100 valence electrons. The molecule has 1 N–H and O–H groups in total. The van der Waals surface area contributed by atoms with Crippen molar-refractivity contribution in [3.63, 3.8) is 0 Å². The zero-order valence-corrected chi connectivity index (χ0v) is 11.5. The van der Waals surface area contributed by atoms with E-state index in [0.29, 0.717) is 10.6 Å². The van der Waals surface area contributed by atoms with Gasteiger partial charge in [0.05, 0.1) is 10.6 Å². The number of nitrogens with one attached hydrogen (secondary N) is 1. The molecule has 0 bridgehead atoms. The van der Waals surface area contributed by atoms with Crippen molar-refractivity contribution in [1.29, 1.82) is 5.26 Å². The molecule has 1 aromatic carbocycles. The summed E-state index contributed by atoms with van der Waals surface area (Å²) in [5.74, 6) is 0. The molecule has 3 rings (SSSR count). The summed E-state index contributed by atoms with van der Waals surface area (Å²) in [7, 11) is 0. The van der Waals surface area contributed by atoms with Crippen LogP contribution in [-0.2, 0) is 0 Å². The molecule has 2 fully saturated rings. The number of halogens is 1. The summed E-state index contributed by atoms with van der Waals surface area (Å²) in [6.45, 7) is 6.51. The van der Waals surface area contributed by atoms with E-state index in [4.69, 9.17) is 16.9 Å². The van der Waals surface area contributed by atoms with Crippen molar-refractivity contribution < 1.29 is 0 Å². The molecule has 5 heteroatoms. The number of hydrogen-bond acceptors (Lipinski definition) is 4. The molecule has 2 heterocycles. The molecular weight excluding hydrogens is 260 g/mol. The highest BCUT2D eigenvalue weighted by Crippen LogP contribution is 2.24. The van der Waals surface area contributed by atoms with E-state index < -0.39 is 0 Å². The zero-order chi connectivity index (χ0) is 13.2. The van der Waals surface area contributed by atoms with Crippen molar-refractivity contribution in [1.82, 2.24) is 10.2 Å². The molecule has 0 spiro atoms. The normalized spacial score (nSPS) is 20.9. The Hall–Kier alpha value is -1.28. The molecule has 0 saturated carbocycles. The first kappa shape index (κ1) is 12.7. The van der Waals surface area contributed by atoms with Gasteiger partial charge in [0.15, 0.2) is 0 Å². The summed E-state index contributed by atoms with van der Waals surface area (Å²) >= 11 is 6.09. The van der Waals surface area contributed by atoms with E-state index in [1.54, 1.807) is 6.07 Å². The van der Waals surface area contributed by atoms with Gasteiger partial charge in [0, 0.05) is 51.0 Å². The van der Waals surface area contributed by atoms with E-state index >= 15 is 0 Å². The van der Waals surface area contributed by atoms with Crippen LogP contribution in [0, 0.1) is 11.3 Å². The van der Waals surface area contributed by atoms with Crippen molar-refractivity contribution >= 4 is 17.3 Å². The summed E-state index contributed by atoms with van der Waals surface area (Å²) in [4.78, 5) is 4.90. The molecule has 2 saturated heterocycles. The lowest BCUT2D eigenvalue weighted by molar-refractivity contribution is 0.138. The second-order valence-electron chi connectivity index (χ2n) is 5.11. The fourth-order valence-electron chi connectivity index (χ4n) is 2.67. The topological polar surface area (TPSA) is 42.3 Å². The number of benzene rings is 1. The Bertz CT molecular complexity index is 499. The molecule has 19 heavy (non-hydrogen) atoms. The van der Waals surface area contributed by atoms with Crippen LogP contribution in [0.1, 0.15) is 5.56 Å². The molecular formula is C14H17ClN4. The highest BCUT2D eigenvalue weighted by atomic mass is 35.5. The van der Waals surface area contributed by atoms with Gasteiger partial charge in [-0.2, -0.15) is 5.26 Å². The molecule has 4 nitrogen and oxygen atoms in total. The van der Waals surface area contributed by atoms with Gasteiger partial charge in [-0.3, -0.25) is 4.90 Å². The quantitative estimate of drug-likeness (QED) is 0.884. The average molecular weight is 277 g/mol. The van der Waals surface area contributed by atoms with Gasteiger partial charge in [0.1, 0.15) is 6.07 Å². The van der Waals surface area contributed by atoms with E-state index in [1.807, 2.05) is 12.1 Å². The van der Waals surface area contributed by atoms with Crippen LogP contribution in [-0.4, -0.2) is 50.2 Å². The van der Waals surface area contributed by atoms with Crippen LogP contribution in [0.25, 0.3) is 0 Å². The van der Waals surface area contributed by atoms with Gasteiger partial charge < -0.3 is 10.2 Å². The van der Waals surface area contributed by atoms with Gasteiger partial charge in [-0.15, -0.1) is 0 Å². The molecule has 0 aromatic heterocycles. The smallest absolute Gasteiger partial charge is 0.101 e. The minimum absolute atomic E-state index is 0.546. The Kier molecular flexibility index (Phi) is 3.61. The Balaban J connectivity index is 1.64. The van der Waals surface area contributed by atoms with Gasteiger partial charge in [-0.25, -0.2) is 0 Å². The maximum absolute atomic E-state index is 8.89. The first-order chi connectivity index (χ1) is 9.28. The van der Waals surface area contributed by atoms with Gasteiger partial charge in [0.2, 0.25) is 0 Å². The standard InChI is InChI=1S/C14H17ClN4/c15-14-7-12(2-1-11(14)8-16)18-3-5-19(6-4-18)13-9-17-10-13/h1-2,7,13,17H,3-6,9-10H2. The van der Waals surface area contributed by atoms with Crippen LogP contribution in [0.4, 0.5) is 5.69 Å². The maximum Gasteiger partial charge on any atom is 0.101 e. The van der Waals surface area contributed by atoms with Gasteiger partial charge in [-0.1, -0.05) is 11.6 Å². The Morgan fingerprint density at radius 3 is 2.47 bits per heavy atom. The number of anilines is 1. The summed E-state index contributed by atoms with van der Waals surface area (Å²) < 4.78 is 0. The monoisotopic (exact) mass is 276 g/mol. The number of nitrogens with zero attached hydrogens (tertiary/aromatic N) is 3. The van der Waals surface area contributed by atoms with Crippen molar-refractivity contribution in [2.24, 2.45) is 0 Å². The van der Waals surface area contributed by atoms with Crippen molar-refractivity contribution in [2.75, 3.05) is 44.2 Å². The summed E-state index contributed by atoms with van der Waals surface area (Å²) in [5.41, 5.74) is 1.67. The Morgan fingerprint density at radius 2 is 1.95 bits per heavy atom. The fraction of sp³-hybridized carbons (Fsp3) is 0.500. The lowest BCUT2D eigenvalue weighted by Gasteiger charge is -2.43. The first-order valence-corrected chi connectivity index (χ1v) is 7.05. The van der Waals surface area contributed by atoms with Crippen LogP contribution in [0.5, 0.6) is 0 Å². The minimum Gasteiger partial charge on any atom is -0.369 e. The van der Waals surface area contributed by atoms with E-state index in [9.17, 15) is 0 Å². The largest absolute Gasteiger partial charge is 0.369 e. The molecule has 2 aliphatic heterocycles. The van der Waals surface area contributed by atoms with Crippen molar-refractivity contribution in [3.8, 4) is 6.07 Å². The van der Waals surface area contributed by atoms with Crippen LogP contribution >= 0.6 is 11.6 Å². The predicted molar refractivity (Wildman–Crippen MR) is 76.6 cm³/mol. The van der Waals surface area contributed by atoms with Crippen LogP contribution < -0.4 is 10.2 Å². The highest BCUT2D eigenvalue weighted by Gasteiger charge is 2.27. The van der Waals surface area contributed by atoms with Crippen LogP contribution in [0.15, 0.2) is 18.2 Å². The number of nitriles is 1. The SMILES string of the molecule is N#Cc1ccc(N2CCN(C3CNC3)CC2)cc1Cl. The minimum atomic E-state index is 0.546. The van der Waals surface area contributed by atoms with Gasteiger partial charge in [-0.05, 0) is 18.2 Å². The molecule has 0 aliphatic carbocycles. The van der Waals surface area contributed by atoms with Crippen LogP contribution in [0.2, 0.25) is 5.02 Å². The van der Waals surface area contributed by atoms with E-state index in [0.717, 1.165) is 51.0 Å². The third-order valence-corrected chi connectivity index (χ3v) is 4.34. The Morgan fingerprint density at radius 1 is 1.21 bits per heavy atom. The first-order valence-electron chi connectivity index (χ1n) is 6.67. The maximum atomic E-state index is 8.89. The Labute approximate surface area is 118 Å². The van der Waals surface area contributed by atoms with Gasteiger partial charge >= 0.3 is 0 Å². The fourth-order valence-corrected chi connectivity index (χ4v) is 2.89. The third kappa shape index (κ3) is 2.55. The zero-order valence-electron chi connectivity index (χ0n) is 10.8. The summed E-state index contributed by atoms with van der Waals surface area (Å²) in [6.07, 6.45) is 0. The van der Waals surface area contributed by atoms with E-state index in [2.05, 4.69) is 21.2 Å². The summed E-state index contributed by atoms with van der Waals surface area (Å²) in [5, 5.41) is 12.8. The molecule has 0 radical (unpaired) electrons. The van der Waals surface area contributed by atoms with Crippen molar-refractivity contribution in [3.05, 3.63) is 28.8 Å². The summed E-state index contributed by atoms with van der Waals surface area (Å²) in [6, 6.07) is 8.53. The average Bonchev–Trinajstić information content (AvgIpc) is 2.37. The van der Waals surface area contributed by atoms with E-state index in [-0.39, 0.29) is 0 Å². The predicted octanol–water partition coefficient (Wildman–Crippen LogP) is 1.31. The van der Waals surface area contributed by atoms with Gasteiger partial charge in [0.25, 0.3) is 0 Å². The molecule has 0 atom stereocenters. The van der Waals surface area contributed by atoms with E-state index in [1.165, 1.54) is 0 Å². The number of piperazine rings is 1. The number of hydrogen-bond donors (Lipinski definition) is 1. The lowest BCUT2D eigenvalue weighted by atomic mass is 10.1. The lowest BCUT2D eigenvalue weighted by Crippen LogP contribution is -2.61. The molecule has 0 amide bonds. The highest BCUT2D eigenvalue weighted by molar-refractivity contribution is 6.32. The second kappa shape index (κ2) is 5.38. The van der Waals surface area contributed by atoms with Crippen LogP contribution in [0.3, 0.4) is 0 Å². The molecule has 1 aromatic rings. The molecule has 0 unspecified atom stereocenters. The molecule has 2 aliphatic rings. The number of rotatable bonds is 2. The third-order valence-electron chi connectivity index (χ3n) is 4.03.